The second-order valence-corrected chi connectivity index (χ2v) is 3.32. The highest BCUT2D eigenvalue weighted by Gasteiger charge is 2.26. The van der Waals surface area contributed by atoms with Gasteiger partial charge in [0, 0.05) is 17.2 Å². The second-order valence-electron chi connectivity index (χ2n) is 3.32. The molecule has 0 spiro atoms. The Labute approximate surface area is 92.5 Å². The number of ether oxygens (including phenoxy) is 2. The number of hydrogen-bond acceptors (Lipinski definition) is 4. The summed E-state index contributed by atoms with van der Waals surface area (Å²) in [5.74, 6) is 0.0770. The van der Waals surface area contributed by atoms with Crippen LogP contribution in [0.5, 0.6) is 5.75 Å². The van der Waals surface area contributed by atoms with E-state index in [1.54, 1.807) is 18.2 Å². The topological polar surface area (TPSA) is 52.6 Å². The van der Waals surface area contributed by atoms with Gasteiger partial charge in [0.05, 0.1) is 14.2 Å². The monoisotopic (exact) mass is 218 g/mol. The molecule has 2 rings (SSSR count). The third-order valence-electron chi connectivity index (χ3n) is 2.44. The molecule has 16 heavy (non-hydrogen) atoms. The molecule has 0 saturated heterocycles. The lowest BCUT2D eigenvalue weighted by Gasteiger charge is -2.14. The minimum atomic E-state index is -0.295. The first-order valence-corrected chi connectivity index (χ1v) is 4.70. The van der Waals surface area contributed by atoms with E-state index in [0.29, 0.717) is 16.9 Å². The number of hydrogen-bond donors (Lipinski definition) is 0. The van der Waals surface area contributed by atoms with Crippen LogP contribution in [0, 0.1) is 0 Å². The number of fused-ring (bicyclic) bond motifs is 1. The smallest absolute Gasteiger partial charge is 0.228 e. The lowest BCUT2D eigenvalue weighted by molar-refractivity contribution is 0.0916. The van der Waals surface area contributed by atoms with Gasteiger partial charge in [-0.15, -0.1) is 0 Å². The summed E-state index contributed by atoms with van der Waals surface area (Å²) < 4.78 is 9.86. The highest BCUT2D eigenvalue weighted by molar-refractivity contribution is 6.23. The Morgan fingerprint density at radius 2 is 1.75 bits per heavy atom. The molecule has 0 aromatic heterocycles. The second kappa shape index (κ2) is 3.81. The summed E-state index contributed by atoms with van der Waals surface area (Å²) >= 11 is 0. The predicted molar refractivity (Wildman–Crippen MR) is 56.7 cm³/mol. The Bertz CT molecular complexity index is 500. The van der Waals surface area contributed by atoms with Crippen molar-refractivity contribution in [1.82, 2.24) is 0 Å². The Morgan fingerprint density at radius 3 is 2.38 bits per heavy atom. The van der Waals surface area contributed by atoms with Gasteiger partial charge >= 0.3 is 0 Å². The van der Waals surface area contributed by atoms with E-state index < -0.39 is 0 Å². The largest absolute Gasteiger partial charge is 0.497 e. The van der Waals surface area contributed by atoms with E-state index >= 15 is 0 Å². The lowest BCUT2D eigenvalue weighted by atomic mass is 9.93. The summed E-state index contributed by atoms with van der Waals surface area (Å²) in [5, 5.41) is 0. The first-order chi connectivity index (χ1) is 7.67. The fourth-order valence-corrected chi connectivity index (χ4v) is 1.60. The van der Waals surface area contributed by atoms with Crippen LogP contribution in [0.3, 0.4) is 0 Å². The van der Waals surface area contributed by atoms with Gasteiger partial charge in [0.1, 0.15) is 5.75 Å². The molecule has 0 aliphatic heterocycles. The molecule has 0 radical (unpaired) electrons. The van der Waals surface area contributed by atoms with Crippen molar-refractivity contribution < 1.29 is 19.1 Å². The first kappa shape index (κ1) is 10.4. The molecule has 0 saturated carbocycles. The van der Waals surface area contributed by atoms with Crippen LogP contribution < -0.4 is 4.74 Å². The minimum Gasteiger partial charge on any atom is -0.497 e. The number of allylic oxidation sites excluding steroid dienone is 2. The fraction of sp³-hybridized carbons (Fsp3) is 0.167. The number of rotatable bonds is 2. The van der Waals surface area contributed by atoms with E-state index in [1.807, 2.05) is 0 Å². The number of benzene rings is 1. The third-order valence-corrected chi connectivity index (χ3v) is 2.44. The molecule has 0 amide bonds. The van der Waals surface area contributed by atoms with Crippen LogP contribution in [0.4, 0.5) is 0 Å². The molecule has 0 fully saturated rings. The average molecular weight is 218 g/mol. The molecule has 0 unspecified atom stereocenters. The zero-order valence-corrected chi connectivity index (χ0v) is 8.94. The highest BCUT2D eigenvalue weighted by Crippen LogP contribution is 2.25. The minimum absolute atomic E-state index is 0.0609. The molecule has 1 aliphatic carbocycles. The van der Waals surface area contributed by atoms with Gasteiger partial charge in [-0.1, -0.05) is 0 Å². The molecule has 1 aromatic carbocycles. The van der Waals surface area contributed by atoms with Crippen molar-refractivity contribution in [1.29, 1.82) is 0 Å². The molecule has 4 heteroatoms. The number of carbonyl (C=O) groups is 2. The number of carbonyl (C=O) groups excluding carboxylic acids is 2. The SMILES string of the molecule is COC1=CC(=O)c2ccc(OC)cc2C1=O. The fourth-order valence-electron chi connectivity index (χ4n) is 1.60. The van der Waals surface area contributed by atoms with Crippen molar-refractivity contribution in [2.24, 2.45) is 0 Å². The van der Waals surface area contributed by atoms with E-state index in [-0.39, 0.29) is 17.3 Å². The Morgan fingerprint density at radius 1 is 1.00 bits per heavy atom. The molecule has 0 atom stereocenters. The number of ketones is 2. The number of methoxy groups -OCH3 is 2. The van der Waals surface area contributed by atoms with Gasteiger partial charge in [-0.25, -0.2) is 0 Å². The first-order valence-electron chi connectivity index (χ1n) is 4.70. The maximum Gasteiger partial charge on any atom is 0.228 e. The van der Waals surface area contributed by atoms with Crippen molar-refractivity contribution in [2.75, 3.05) is 14.2 Å². The maximum absolute atomic E-state index is 11.9. The van der Waals surface area contributed by atoms with Crippen molar-refractivity contribution in [3.05, 3.63) is 41.2 Å². The van der Waals surface area contributed by atoms with Crippen LogP contribution in [0.15, 0.2) is 30.0 Å². The van der Waals surface area contributed by atoms with Gasteiger partial charge in [-0.3, -0.25) is 9.59 Å². The van der Waals surface area contributed by atoms with Crippen LogP contribution in [-0.2, 0) is 4.74 Å². The van der Waals surface area contributed by atoms with Crippen LogP contribution in [0.25, 0.3) is 0 Å². The molecular weight excluding hydrogens is 208 g/mol. The van der Waals surface area contributed by atoms with E-state index in [1.165, 1.54) is 20.3 Å². The summed E-state index contributed by atoms with van der Waals surface area (Å²) in [5.41, 5.74) is 0.704. The van der Waals surface area contributed by atoms with Crippen LogP contribution in [0.2, 0.25) is 0 Å². The summed E-state index contributed by atoms with van der Waals surface area (Å²) in [7, 11) is 2.87. The van der Waals surface area contributed by atoms with E-state index in [9.17, 15) is 9.59 Å². The van der Waals surface area contributed by atoms with Crippen LogP contribution in [0.1, 0.15) is 20.7 Å². The molecule has 1 aliphatic rings. The summed E-state index contributed by atoms with van der Waals surface area (Å²) in [4.78, 5) is 23.5. The Kier molecular flexibility index (Phi) is 2.48. The molecule has 1 aromatic rings. The van der Waals surface area contributed by atoms with Crippen molar-refractivity contribution in [2.45, 2.75) is 0 Å². The van der Waals surface area contributed by atoms with E-state index in [4.69, 9.17) is 9.47 Å². The van der Waals surface area contributed by atoms with Gasteiger partial charge in [-0.05, 0) is 18.2 Å². The Balaban J connectivity index is 2.58. The third kappa shape index (κ3) is 1.48. The quantitative estimate of drug-likeness (QED) is 0.756. The maximum atomic E-state index is 11.9. The van der Waals surface area contributed by atoms with Crippen molar-refractivity contribution in [3.63, 3.8) is 0 Å². The molecular formula is C12H10O4. The van der Waals surface area contributed by atoms with Crippen molar-refractivity contribution >= 4 is 11.6 Å². The zero-order valence-electron chi connectivity index (χ0n) is 8.94. The molecule has 82 valence electrons. The van der Waals surface area contributed by atoms with Gasteiger partial charge in [0.2, 0.25) is 5.78 Å². The molecule has 4 nitrogen and oxygen atoms in total. The van der Waals surface area contributed by atoms with Crippen molar-refractivity contribution in [3.8, 4) is 5.75 Å². The van der Waals surface area contributed by atoms with E-state index in [0.717, 1.165) is 0 Å². The molecule has 0 heterocycles. The molecule has 0 bridgehead atoms. The summed E-state index contributed by atoms with van der Waals surface area (Å²) in [6.45, 7) is 0. The van der Waals surface area contributed by atoms with Gasteiger partial charge < -0.3 is 9.47 Å². The standard InChI is InChI=1S/C12H10O4/c1-15-7-3-4-8-9(5-7)12(14)11(16-2)6-10(8)13/h3-6H,1-2H3. The number of Topliss-reactive ketones (excluding diaryl/α,β-unsaturated/α-hetero) is 1. The van der Waals surface area contributed by atoms with Gasteiger partial charge in [0.25, 0.3) is 0 Å². The van der Waals surface area contributed by atoms with Crippen LogP contribution in [-0.4, -0.2) is 25.8 Å². The highest BCUT2D eigenvalue weighted by atomic mass is 16.5. The van der Waals surface area contributed by atoms with Crippen LogP contribution >= 0.6 is 0 Å². The normalized spacial score (nSPS) is 14.2. The zero-order chi connectivity index (χ0) is 11.7. The average Bonchev–Trinajstić information content (AvgIpc) is 2.33. The Hall–Kier alpha value is -2.10. The predicted octanol–water partition coefficient (Wildman–Crippen LogP) is 1.60. The van der Waals surface area contributed by atoms with Gasteiger partial charge in [-0.2, -0.15) is 0 Å². The lowest BCUT2D eigenvalue weighted by Crippen LogP contribution is -2.17. The van der Waals surface area contributed by atoms with Gasteiger partial charge in [0.15, 0.2) is 11.5 Å². The molecule has 0 N–H and O–H groups in total. The van der Waals surface area contributed by atoms with E-state index in [2.05, 4.69) is 0 Å². The summed E-state index contributed by atoms with van der Waals surface area (Å²) in [6, 6.07) is 4.77. The summed E-state index contributed by atoms with van der Waals surface area (Å²) in [6.07, 6.45) is 1.21.